The summed E-state index contributed by atoms with van der Waals surface area (Å²) in [4.78, 5) is 12.3. The molecule has 6 heteroatoms. The molecule has 0 saturated carbocycles. The van der Waals surface area contributed by atoms with Crippen molar-refractivity contribution < 1.29 is 9.18 Å². The Morgan fingerprint density at radius 2 is 1.86 bits per heavy atom. The Hall–Kier alpha value is -1.50. The van der Waals surface area contributed by atoms with Crippen LogP contribution in [0.25, 0.3) is 0 Å². The number of hydrogen-bond acceptors (Lipinski definition) is 4. The van der Waals surface area contributed by atoms with E-state index in [-0.39, 0.29) is 29.8 Å². The molecule has 1 aromatic rings. The van der Waals surface area contributed by atoms with Gasteiger partial charge in [0.15, 0.2) is 0 Å². The van der Waals surface area contributed by atoms with Crippen LogP contribution in [0.2, 0.25) is 0 Å². The molecule has 2 saturated heterocycles. The minimum Gasteiger partial charge on any atom is -0.352 e. The number of carbonyl (C=O) groups excluding carboxylic acids is 1. The lowest BCUT2D eigenvalue weighted by molar-refractivity contribution is -0.123. The van der Waals surface area contributed by atoms with Crippen LogP contribution in [0.4, 0.5) is 4.39 Å². The number of nitrogens with one attached hydrogen (secondary N) is 4. The predicted octanol–water partition coefficient (Wildman–Crippen LogP) is 0.601. The highest BCUT2D eigenvalue weighted by Crippen LogP contribution is 2.22. The number of hydrogen-bond donors (Lipinski definition) is 4. The van der Waals surface area contributed by atoms with Gasteiger partial charge in [0, 0.05) is 12.1 Å². The van der Waals surface area contributed by atoms with Crippen molar-refractivity contribution in [3.63, 3.8) is 0 Å². The quantitative estimate of drug-likeness (QED) is 0.659. The Balaban J connectivity index is 1.53. The highest BCUT2D eigenvalue weighted by atomic mass is 19.1. The molecule has 0 spiro atoms. The summed E-state index contributed by atoms with van der Waals surface area (Å²) in [7, 11) is 0. The molecule has 21 heavy (non-hydrogen) atoms. The first-order valence-electron chi connectivity index (χ1n) is 7.50. The highest BCUT2D eigenvalue weighted by Gasteiger charge is 2.31. The van der Waals surface area contributed by atoms with Crippen molar-refractivity contribution in [3.8, 4) is 0 Å². The van der Waals surface area contributed by atoms with E-state index in [1.165, 1.54) is 12.1 Å². The van der Waals surface area contributed by atoms with Gasteiger partial charge in [0.1, 0.15) is 11.9 Å². The topological polar surface area (TPSA) is 65.2 Å². The Kier molecular flexibility index (Phi) is 4.48. The lowest BCUT2D eigenvalue weighted by atomic mass is 10.0. The SMILES string of the molecule is O=C(NC1CCNCC1)C1CC(c2ccc(F)cc2)NN1. The van der Waals surface area contributed by atoms with Gasteiger partial charge < -0.3 is 10.6 Å². The van der Waals surface area contributed by atoms with Crippen molar-refractivity contribution in [1.29, 1.82) is 0 Å². The molecule has 0 bridgehead atoms. The summed E-state index contributed by atoms with van der Waals surface area (Å²) in [6.07, 6.45) is 2.63. The van der Waals surface area contributed by atoms with Gasteiger partial charge in [0.2, 0.25) is 5.91 Å². The van der Waals surface area contributed by atoms with Crippen LogP contribution in [-0.2, 0) is 4.79 Å². The van der Waals surface area contributed by atoms with E-state index in [0.29, 0.717) is 6.42 Å². The van der Waals surface area contributed by atoms with Gasteiger partial charge in [-0.25, -0.2) is 15.2 Å². The number of piperidine rings is 1. The second-order valence-electron chi connectivity index (χ2n) is 5.71. The van der Waals surface area contributed by atoms with Crippen molar-refractivity contribution in [3.05, 3.63) is 35.6 Å². The van der Waals surface area contributed by atoms with Crippen LogP contribution in [0.1, 0.15) is 30.9 Å². The molecule has 2 aliphatic rings. The van der Waals surface area contributed by atoms with E-state index < -0.39 is 0 Å². The van der Waals surface area contributed by atoms with Gasteiger partial charge in [-0.2, -0.15) is 0 Å². The summed E-state index contributed by atoms with van der Waals surface area (Å²) >= 11 is 0. The number of carbonyl (C=O) groups is 1. The molecule has 2 atom stereocenters. The zero-order chi connectivity index (χ0) is 14.7. The van der Waals surface area contributed by atoms with Gasteiger partial charge >= 0.3 is 0 Å². The molecule has 2 fully saturated rings. The summed E-state index contributed by atoms with van der Waals surface area (Å²) in [5.41, 5.74) is 7.14. The van der Waals surface area contributed by atoms with Crippen LogP contribution in [0.5, 0.6) is 0 Å². The van der Waals surface area contributed by atoms with Gasteiger partial charge in [-0.1, -0.05) is 12.1 Å². The number of benzene rings is 1. The number of rotatable bonds is 3. The number of amides is 1. The van der Waals surface area contributed by atoms with Crippen molar-refractivity contribution in [1.82, 2.24) is 21.5 Å². The van der Waals surface area contributed by atoms with E-state index in [0.717, 1.165) is 31.5 Å². The first kappa shape index (κ1) is 14.4. The second-order valence-corrected chi connectivity index (χ2v) is 5.71. The van der Waals surface area contributed by atoms with Crippen LogP contribution in [-0.4, -0.2) is 31.1 Å². The molecule has 5 nitrogen and oxygen atoms in total. The largest absolute Gasteiger partial charge is 0.352 e. The van der Waals surface area contributed by atoms with Crippen molar-refractivity contribution >= 4 is 5.91 Å². The van der Waals surface area contributed by atoms with Crippen molar-refractivity contribution in [2.45, 2.75) is 37.4 Å². The van der Waals surface area contributed by atoms with Gasteiger partial charge in [-0.3, -0.25) is 4.79 Å². The molecular weight excluding hydrogens is 271 g/mol. The second kappa shape index (κ2) is 6.51. The predicted molar refractivity (Wildman–Crippen MR) is 77.9 cm³/mol. The molecule has 2 aliphatic heterocycles. The van der Waals surface area contributed by atoms with Crippen molar-refractivity contribution in [2.24, 2.45) is 0 Å². The monoisotopic (exact) mass is 292 g/mol. The Bertz CT molecular complexity index is 487. The first-order valence-corrected chi connectivity index (χ1v) is 7.50. The average molecular weight is 292 g/mol. The van der Waals surface area contributed by atoms with Gasteiger partial charge in [-0.15, -0.1) is 0 Å². The van der Waals surface area contributed by atoms with Crippen LogP contribution >= 0.6 is 0 Å². The maximum absolute atomic E-state index is 12.9. The summed E-state index contributed by atoms with van der Waals surface area (Å²) in [6, 6.07) is 6.46. The molecule has 0 radical (unpaired) electrons. The fourth-order valence-corrected chi connectivity index (χ4v) is 2.91. The Morgan fingerprint density at radius 1 is 1.14 bits per heavy atom. The third kappa shape index (κ3) is 3.58. The standard InChI is InChI=1S/C15H21FN4O/c16-11-3-1-10(2-4-11)13-9-14(20-19-13)15(21)18-12-5-7-17-8-6-12/h1-4,12-14,17,19-20H,5-9H2,(H,18,21). The zero-order valence-electron chi connectivity index (χ0n) is 11.9. The van der Waals surface area contributed by atoms with E-state index in [9.17, 15) is 9.18 Å². The summed E-state index contributed by atoms with van der Waals surface area (Å²) in [5.74, 6) is -0.205. The molecule has 2 heterocycles. The van der Waals surface area contributed by atoms with Crippen LogP contribution in [0, 0.1) is 5.82 Å². The molecule has 1 amide bonds. The van der Waals surface area contributed by atoms with Crippen molar-refractivity contribution in [2.75, 3.05) is 13.1 Å². The summed E-state index contributed by atoms with van der Waals surface area (Å²) < 4.78 is 12.9. The Morgan fingerprint density at radius 3 is 2.57 bits per heavy atom. The molecule has 0 aromatic heterocycles. The third-order valence-electron chi connectivity index (χ3n) is 4.18. The third-order valence-corrected chi connectivity index (χ3v) is 4.18. The van der Waals surface area contributed by atoms with Crippen LogP contribution < -0.4 is 21.5 Å². The maximum Gasteiger partial charge on any atom is 0.238 e. The minimum absolute atomic E-state index is 0.0365. The van der Waals surface area contributed by atoms with Crippen LogP contribution in [0.3, 0.4) is 0 Å². The fourth-order valence-electron chi connectivity index (χ4n) is 2.91. The lowest BCUT2D eigenvalue weighted by Crippen LogP contribution is -2.49. The molecule has 114 valence electrons. The average Bonchev–Trinajstić information content (AvgIpc) is 2.99. The lowest BCUT2D eigenvalue weighted by Gasteiger charge is -2.24. The maximum atomic E-state index is 12.9. The minimum atomic E-state index is -0.245. The molecule has 4 N–H and O–H groups in total. The number of hydrazine groups is 1. The summed E-state index contributed by atoms with van der Waals surface area (Å²) in [6.45, 7) is 1.92. The van der Waals surface area contributed by atoms with Gasteiger partial charge in [0.05, 0.1) is 0 Å². The normalized spacial score (nSPS) is 26.7. The highest BCUT2D eigenvalue weighted by molar-refractivity contribution is 5.82. The molecule has 0 aliphatic carbocycles. The van der Waals surface area contributed by atoms with E-state index >= 15 is 0 Å². The zero-order valence-corrected chi connectivity index (χ0v) is 11.9. The molecule has 3 rings (SSSR count). The summed E-state index contributed by atoms with van der Waals surface area (Å²) in [5, 5.41) is 6.38. The van der Waals surface area contributed by atoms with Gasteiger partial charge in [0.25, 0.3) is 0 Å². The first-order chi connectivity index (χ1) is 10.2. The fraction of sp³-hybridized carbons (Fsp3) is 0.533. The van der Waals surface area contributed by atoms with E-state index in [2.05, 4.69) is 21.5 Å². The van der Waals surface area contributed by atoms with Crippen LogP contribution in [0.15, 0.2) is 24.3 Å². The van der Waals surface area contributed by atoms with Gasteiger partial charge in [-0.05, 0) is 50.0 Å². The van der Waals surface area contributed by atoms with E-state index in [1.807, 2.05) is 0 Å². The smallest absolute Gasteiger partial charge is 0.238 e. The Labute approximate surface area is 123 Å². The molecule has 1 aromatic carbocycles. The molecular formula is C15H21FN4O. The van der Waals surface area contributed by atoms with E-state index in [1.54, 1.807) is 12.1 Å². The number of halogens is 1. The van der Waals surface area contributed by atoms with E-state index in [4.69, 9.17) is 0 Å². The molecule has 2 unspecified atom stereocenters.